The monoisotopic (exact) mass is 320 g/mol. The van der Waals surface area contributed by atoms with E-state index in [9.17, 15) is 4.79 Å². The summed E-state index contributed by atoms with van der Waals surface area (Å²) in [5.41, 5.74) is 0. The number of allylic oxidation sites excluding steroid dienone is 5. The summed E-state index contributed by atoms with van der Waals surface area (Å²) in [7, 11) is 0. The zero-order valence-corrected chi connectivity index (χ0v) is 14.5. The van der Waals surface area contributed by atoms with Crippen molar-refractivity contribution in [2.75, 3.05) is 0 Å². The second kappa shape index (κ2) is 13.1. The van der Waals surface area contributed by atoms with E-state index in [1.807, 2.05) is 18.2 Å². The molecule has 0 bridgehead atoms. The lowest BCUT2D eigenvalue weighted by molar-refractivity contribution is -0.138. The lowest BCUT2D eigenvalue weighted by Crippen LogP contribution is -2.06. The highest BCUT2D eigenvalue weighted by atomic mass is 16.6. The maximum atomic E-state index is 10.5. The molecular formula is C20H32O3. The maximum absolute atomic E-state index is 10.5. The van der Waals surface area contributed by atoms with Crippen LogP contribution in [-0.2, 0) is 9.53 Å². The molecular weight excluding hydrogens is 288 g/mol. The van der Waals surface area contributed by atoms with E-state index in [0.717, 1.165) is 6.42 Å². The Labute approximate surface area is 141 Å². The van der Waals surface area contributed by atoms with Gasteiger partial charge in [0.25, 0.3) is 0 Å². The van der Waals surface area contributed by atoms with Gasteiger partial charge < -0.3 is 9.84 Å². The molecule has 0 saturated carbocycles. The number of carbonyl (C=O) groups is 1. The van der Waals surface area contributed by atoms with Crippen molar-refractivity contribution in [3.63, 3.8) is 0 Å². The zero-order chi connectivity index (χ0) is 16.8. The predicted octanol–water partition coefficient (Wildman–Crippen LogP) is 5.43. The minimum absolute atomic E-state index is 0.247. The highest BCUT2D eigenvalue weighted by molar-refractivity contribution is 5.76. The topological polar surface area (TPSA) is 49.8 Å². The fourth-order valence-corrected chi connectivity index (χ4v) is 2.52. The molecule has 0 aliphatic carbocycles. The first-order valence-corrected chi connectivity index (χ1v) is 9.14. The van der Waals surface area contributed by atoms with E-state index in [-0.39, 0.29) is 6.10 Å². The molecule has 0 radical (unpaired) electrons. The number of carboxylic acid groups (broad SMARTS) is 1. The van der Waals surface area contributed by atoms with Crippen LogP contribution in [-0.4, -0.2) is 23.3 Å². The Morgan fingerprint density at radius 3 is 2.13 bits per heavy atom. The summed E-state index contributed by atoms with van der Waals surface area (Å²) in [6.07, 6.45) is 24.3. The van der Waals surface area contributed by atoms with E-state index in [2.05, 4.69) is 19.1 Å². The van der Waals surface area contributed by atoms with Crippen LogP contribution in [0.2, 0.25) is 0 Å². The van der Waals surface area contributed by atoms with Crippen LogP contribution in [0.25, 0.3) is 0 Å². The maximum Gasteiger partial charge on any atom is 0.335 e. The predicted molar refractivity (Wildman–Crippen MR) is 95.6 cm³/mol. The van der Waals surface area contributed by atoms with E-state index in [1.54, 1.807) is 6.08 Å². The van der Waals surface area contributed by atoms with Crippen LogP contribution < -0.4 is 0 Å². The van der Waals surface area contributed by atoms with Gasteiger partial charge in [-0.2, -0.15) is 0 Å². The van der Waals surface area contributed by atoms with Crippen LogP contribution >= 0.6 is 0 Å². The fourth-order valence-electron chi connectivity index (χ4n) is 2.52. The molecule has 23 heavy (non-hydrogen) atoms. The van der Waals surface area contributed by atoms with E-state index in [4.69, 9.17) is 9.84 Å². The summed E-state index contributed by atoms with van der Waals surface area (Å²) in [6.45, 7) is 2.26. The van der Waals surface area contributed by atoms with Crippen LogP contribution in [0.3, 0.4) is 0 Å². The average Bonchev–Trinajstić information content (AvgIpc) is 3.31. The van der Waals surface area contributed by atoms with Gasteiger partial charge in [0.1, 0.15) is 6.10 Å². The highest BCUT2D eigenvalue weighted by Crippen LogP contribution is 2.23. The quantitative estimate of drug-likeness (QED) is 0.264. The van der Waals surface area contributed by atoms with Gasteiger partial charge in [-0.05, 0) is 12.8 Å². The summed E-state index contributed by atoms with van der Waals surface area (Å²) >= 11 is 0. The van der Waals surface area contributed by atoms with E-state index < -0.39 is 12.1 Å². The van der Waals surface area contributed by atoms with Crippen molar-refractivity contribution in [1.29, 1.82) is 0 Å². The first-order chi connectivity index (χ1) is 11.3. The van der Waals surface area contributed by atoms with Gasteiger partial charge in [0.05, 0.1) is 0 Å². The standard InChI is InChI=1S/C20H32O3/c1-2-3-4-5-6-7-8-9-10-11-12-13-14-15-16-17-18-19(23-18)20(21)22/h12-19H,2-11H2,1H3,(H,21,22). The molecule has 1 aliphatic heterocycles. The molecule has 1 rings (SSSR count). The third kappa shape index (κ3) is 10.9. The Morgan fingerprint density at radius 2 is 1.52 bits per heavy atom. The first-order valence-electron chi connectivity index (χ1n) is 9.14. The Kier molecular flexibility index (Phi) is 11.2. The number of ether oxygens (including phenoxy) is 1. The Bertz CT molecular complexity index is 396. The summed E-state index contributed by atoms with van der Waals surface area (Å²) in [5, 5.41) is 8.66. The van der Waals surface area contributed by atoms with Gasteiger partial charge in [-0.15, -0.1) is 0 Å². The summed E-state index contributed by atoms with van der Waals surface area (Å²) < 4.78 is 4.96. The number of rotatable bonds is 14. The van der Waals surface area contributed by atoms with Crippen molar-refractivity contribution in [3.05, 3.63) is 36.5 Å². The normalized spacial score (nSPS) is 20.9. The molecule has 1 aliphatic rings. The first kappa shape index (κ1) is 19.7. The van der Waals surface area contributed by atoms with Crippen molar-refractivity contribution in [1.82, 2.24) is 0 Å². The van der Waals surface area contributed by atoms with Crippen molar-refractivity contribution >= 4 is 5.97 Å². The number of hydrogen-bond acceptors (Lipinski definition) is 2. The summed E-state index contributed by atoms with van der Waals surface area (Å²) in [5.74, 6) is -0.885. The molecule has 1 N–H and O–H groups in total. The van der Waals surface area contributed by atoms with Crippen LogP contribution in [0, 0.1) is 0 Å². The lowest BCUT2D eigenvalue weighted by Gasteiger charge is -2.00. The molecule has 2 unspecified atom stereocenters. The lowest BCUT2D eigenvalue weighted by atomic mass is 10.1. The third-order valence-electron chi connectivity index (χ3n) is 4.01. The Morgan fingerprint density at radius 1 is 0.913 bits per heavy atom. The molecule has 2 atom stereocenters. The molecule has 0 aromatic rings. The van der Waals surface area contributed by atoms with Crippen molar-refractivity contribution in [2.45, 2.75) is 83.3 Å². The largest absolute Gasteiger partial charge is 0.479 e. The molecule has 0 aromatic heterocycles. The molecule has 0 amide bonds. The fraction of sp³-hybridized carbons (Fsp3) is 0.650. The smallest absolute Gasteiger partial charge is 0.335 e. The molecule has 3 nitrogen and oxygen atoms in total. The summed E-state index contributed by atoms with van der Waals surface area (Å²) in [4.78, 5) is 10.5. The minimum Gasteiger partial charge on any atom is -0.479 e. The van der Waals surface area contributed by atoms with Crippen LogP contribution in [0.15, 0.2) is 36.5 Å². The van der Waals surface area contributed by atoms with Gasteiger partial charge in [-0.3, -0.25) is 0 Å². The third-order valence-corrected chi connectivity index (χ3v) is 4.01. The van der Waals surface area contributed by atoms with Gasteiger partial charge in [0.15, 0.2) is 6.10 Å². The molecule has 0 aromatic carbocycles. The van der Waals surface area contributed by atoms with Gasteiger partial charge in [-0.1, -0.05) is 94.7 Å². The number of hydrogen-bond donors (Lipinski definition) is 1. The van der Waals surface area contributed by atoms with Gasteiger partial charge >= 0.3 is 5.97 Å². The SMILES string of the molecule is CCCCCCCCCCCC=CC=CC=CC1OC1C(=O)O. The molecule has 1 saturated heterocycles. The number of carboxylic acids is 1. The van der Waals surface area contributed by atoms with E-state index >= 15 is 0 Å². The Hall–Kier alpha value is -1.35. The zero-order valence-electron chi connectivity index (χ0n) is 14.5. The average molecular weight is 320 g/mol. The number of aliphatic carboxylic acids is 1. The summed E-state index contributed by atoms with van der Waals surface area (Å²) in [6, 6.07) is 0. The minimum atomic E-state index is -0.885. The number of unbranched alkanes of at least 4 members (excludes halogenated alkanes) is 9. The second-order valence-electron chi connectivity index (χ2n) is 6.17. The van der Waals surface area contributed by atoms with Gasteiger partial charge in [0.2, 0.25) is 0 Å². The van der Waals surface area contributed by atoms with Crippen LogP contribution in [0.4, 0.5) is 0 Å². The van der Waals surface area contributed by atoms with E-state index in [1.165, 1.54) is 57.8 Å². The highest BCUT2D eigenvalue weighted by Gasteiger charge is 2.43. The van der Waals surface area contributed by atoms with Crippen LogP contribution in [0.5, 0.6) is 0 Å². The van der Waals surface area contributed by atoms with Gasteiger partial charge in [0, 0.05) is 0 Å². The Balaban J connectivity index is 1.86. The van der Waals surface area contributed by atoms with Crippen molar-refractivity contribution in [2.24, 2.45) is 0 Å². The van der Waals surface area contributed by atoms with Crippen LogP contribution in [0.1, 0.15) is 71.1 Å². The number of epoxide rings is 1. The van der Waals surface area contributed by atoms with Crippen molar-refractivity contribution in [3.8, 4) is 0 Å². The molecule has 1 heterocycles. The van der Waals surface area contributed by atoms with Crippen molar-refractivity contribution < 1.29 is 14.6 Å². The molecule has 3 heteroatoms. The molecule has 130 valence electrons. The van der Waals surface area contributed by atoms with E-state index in [0.29, 0.717) is 0 Å². The van der Waals surface area contributed by atoms with Gasteiger partial charge in [-0.25, -0.2) is 4.79 Å². The molecule has 0 spiro atoms. The second-order valence-corrected chi connectivity index (χ2v) is 6.17. The molecule has 1 fully saturated rings.